The molecule has 1 atom stereocenters. The minimum absolute atomic E-state index is 0.343. The number of anilines is 1. The van der Waals surface area contributed by atoms with E-state index < -0.39 is 12.0 Å². The van der Waals surface area contributed by atoms with Crippen molar-refractivity contribution in [1.29, 1.82) is 0 Å². The minimum atomic E-state index is -0.928. The van der Waals surface area contributed by atoms with Gasteiger partial charge in [-0.05, 0) is 17.7 Å². The molecule has 0 saturated heterocycles. The van der Waals surface area contributed by atoms with Crippen molar-refractivity contribution in [3.63, 3.8) is 0 Å². The maximum absolute atomic E-state index is 11.7. The molecule has 1 aromatic carbocycles. The molecule has 1 unspecified atom stereocenters. The lowest BCUT2D eigenvalue weighted by molar-refractivity contribution is -0.137. The van der Waals surface area contributed by atoms with Gasteiger partial charge in [-0.2, -0.15) is 0 Å². The van der Waals surface area contributed by atoms with Crippen molar-refractivity contribution in [1.82, 2.24) is 19.9 Å². The van der Waals surface area contributed by atoms with E-state index in [1.54, 1.807) is 6.20 Å². The number of aromatic amines is 2. The number of carbonyl (C=O) groups is 1. The van der Waals surface area contributed by atoms with Gasteiger partial charge in [-0.3, -0.25) is 0 Å². The molecule has 0 amide bonds. The highest BCUT2D eigenvalue weighted by molar-refractivity contribution is 5.90. The molecule has 0 fully saturated rings. The van der Waals surface area contributed by atoms with Crippen molar-refractivity contribution < 1.29 is 9.90 Å². The number of carboxylic acids is 1. The summed E-state index contributed by atoms with van der Waals surface area (Å²) < 4.78 is 0. The van der Waals surface area contributed by atoms with Crippen LogP contribution in [0.3, 0.4) is 0 Å². The molecule has 4 aromatic rings. The molecule has 24 heavy (non-hydrogen) atoms. The first-order chi connectivity index (χ1) is 11.7. The molecule has 120 valence electrons. The van der Waals surface area contributed by atoms with Gasteiger partial charge in [-0.15, -0.1) is 0 Å². The van der Waals surface area contributed by atoms with Crippen LogP contribution in [0.15, 0.2) is 49.1 Å². The maximum Gasteiger partial charge on any atom is 0.326 e. The van der Waals surface area contributed by atoms with Gasteiger partial charge in [0.05, 0.1) is 5.39 Å². The largest absolute Gasteiger partial charge is 0.480 e. The summed E-state index contributed by atoms with van der Waals surface area (Å²) in [6.07, 6.45) is 5.36. The minimum Gasteiger partial charge on any atom is -0.480 e. The lowest BCUT2D eigenvalue weighted by Crippen LogP contribution is -2.31. The van der Waals surface area contributed by atoms with Gasteiger partial charge in [0.2, 0.25) is 0 Å². The van der Waals surface area contributed by atoms with Crippen LogP contribution in [0.2, 0.25) is 0 Å². The summed E-state index contributed by atoms with van der Waals surface area (Å²) in [5.74, 6) is -0.420. The van der Waals surface area contributed by atoms with E-state index in [1.165, 1.54) is 6.33 Å². The summed E-state index contributed by atoms with van der Waals surface area (Å²) in [5, 5.41) is 14.4. The Balaban J connectivity index is 1.65. The Labute approximate surface area is 136 Å². The molecule has 0 spiro atoms. The summed E-state index contributed by atoms with van der Waals surface area (Å²) in [6, 6.07) is 8.86. The number of H-pyrrole nitrogens is 2. The molecule has 0 saturated carbocycles. The lowest BCUT2D eigenvalue weighted by Gasteiger charge is -2.15. The number of hydrogen-bond acceptors (Lipinski definition) is 4. The Morgan fingerprint density at radius 3 is 2.92 bits per heavy atom. The van der Waals surface area contributed by atoms with Crippen LogP contribution >= 0.6 is 0 Å². The lowest BCUT2D eigenvalue weighted by atomic mass is 10.0. The Morgan fingerprint density at radius 1 is 1.17 bits per heavy atom. The monoisotopic (exact) mass is 321 g/mol. The second kappa shape index (κ2) is 5.69. The van der Waals surface area contributed by atoms with Crippen molar-refractivity contribution in [3.05, 3.63) is 54.6 Å². The van der Waals surface area contributed by atoms with E-state index in [0.29, 0.717) is 17.9 Å². The van der Waals surface area contributed by atoms with Gasteiger partial charge in [0.15, 0.2) is 0 Å². The zero-order chi connectivity index (χ0) is 16.5. The molecule has 3 heterocycles. The summed E-state index contributed by atoms with van der Waals surface area (Å²) in [7, 11) is 0. The highest BCUT2D eigenvalue weighted by atomic mass is 16.4. The van der Waals surface area contributed by atoms with E-state index in [4.69, 9.17) is 0 Å². The molecule has 4 rings (SSSR count). The fourth-order valence-electron chi connectivity index (χ4n) is 2.87. The van der Waals surface area contributed by atoms with Crippen molar-refractivity contribution in [2.45, 2.75) is 12.5 Å². The topological polar surface area (TPSA) is 107 Å². The van der Waals surface area contributed by atoms with E-state index in [1.807, 2.05) is 36.5 Å². The van der Waals surface area contributed by atoms with Crippen LogP contribution < -0.4 is 5.32 Å². The molecule has 7 heteroatoms. The van der Waals surface area contributed by atoms with E-state index in [2.05, 4.69) is 25.3 Å². The van der Waals surface area contributed by atoms with Crippen LogP contribution in [-0.2, 0) is 11.2 Å². The van der Waals surface area contributed by atoms with Gasteiger partial charge in [0, 0.05) is 29.7 Å². The van der Waals surface area contributed by atoms with Crippen LogP contribution in [0.4, 0.5) is 5.82 Å². The average molecular weight is 321 g/mol. The van der Waals surface area contributed by atoms with E-state index in [9.17, 15) is 9.90 Å². The fourth-order valence-corrected chi connectivity index (χ4v) is 2.87. The summed E-state index contributed by atoms with van der Waals surface area (Å²) >= 11 is 0. The zero-order valence-electron chi connectivity index (χ0n) is 12.7. The Hall–Kier alpha value is -3.35. The van der Waals surface area contributed by atoms with Gasteiger partial charge in [-0.25, -0.2) is 14.8 Å². The third kappa shape index (κ3) is 2.45. The highest BCUT2D eigenvalue weighted by Crippen LogP contribution is 2.22. The molecular formula is C17H15N5O2. The molecule has 0 radical (unpaired) electrons. The highest BCUT2D eigenvalue weighted by Gasteiger charge is 2.21. The van der Waals surface area contributed by atoms with Crippen LogP contribution in [0.5, 0.6) is 0 Å². The second-order valence-electron chi connectivity index (χ2n) is 5.56. The number of nitrogens with one attached hydrogen (secondary N) is 3. The second-order valence-corrected chi connectivity index (χ2v) is 5.56. The quantitative estimate of drug-likeness (QED) is 0.452. The molecule has 7 nitrogen and oxygen atoms in total. The Bertz CT molecular complexity index is 1020. The zero-order valence-corrected chi connectivity index (χ0v) is 12.7. The fraction of sp³-hybridized carbons (Fsp3) is 0.118. The van der Waals surface area contributed by atoms with Crippen LogP contribution in [-0.4, -0.2) is 37.1 Å². The molecule has 0 aliphatic rings. The average Bonchev–Trinajstić information content (AvgIpc) is 3.21. The number of rotatable bonds is 5. The van der Waals surface area contributed by atoms with Crippen LogP contribution in [0.1, 0.15) is 5.56 Å². The molecule has 3 aromatic heterocycles. The van der Waals surface area contributed by atoms with Crippen molar-refractivity contribution >= 4 is 33.7 Å². The van der Waals surface area contributed by atoms with Gasteiger partial charge in [-0.1, -0.05) is 18.2 Å². The van der Waals surface area contributed by atoms with Crippen molar-refractivity contribution in [2.75, 3.05) is 5.32 Å². The third-order valence-corrected chi connectivity index (χ3v) is 4.06. The summed E-state index contributed by atoms with van der Waals surface area (Å²) in [4.78, 5) is 26.2. The van der Waals surface area contributed by atoms with Gasteiger partial charge in [0.1, 0.15) is 23.8 Å². The SMILES string of the molecule is O=C(O)C(Cc1c[nH]c2ccccc12)Nc1ncnc2[nH]ccc12. The van der Waals surface area contributed by atoms with E-state index in [-0.39, 0.29) is 0 Å². The predicted octanol–water partition coefficient (Wildman–Crippen LogP) is 2.55. The molecule has 0 aliphatic carbocycles. The van der Waals surface area contributed by atoms with E-state index >= 15 is 0 Å². The predicted molar refractivity (Wildman–Crippen MR) is 90.9 cm³/mol. The van der Waals surface area contributed by atoms with Gasteiger partial charge in [0.25, 0.3) is 0 Å². The number of carboxylic acid groups (broad SMARTS) is 1. The number of nitrogens with zero attached hydrogens (tertiary/aromatic N) is 2. The van der Waals surface area contributed by atoms with Crippen molar-refractivity contribution in [2.24, 2.45) is 0 Å². The van der Waals surface area contributed by atoms with Gasteiger partial charge >= 0.3 is 5.97 Å². The Kier molecular flexibility index (Phi) is 3.38. The number of fused-ring (bicyclic) bond motifs is 2. The number of hydrogen-bond donors (Lipinski definition) is 4. The first-order valence-corrected chi connectivity index (χ1v) is 7.55. The molecular weight excluding hydrogens is 306 g/mol. The Morgan fingerprint density at radius 2 is 2.04 bits per heavy atom. The summed E-state index contributed by atoms with van der Waals surface area (Å²) in [6.45, 7) is 0. The number of benzene rings is 1. The van der Waals surface area contributed by atoms with Crippen molar-refractivity contribution in [3.8, 4) is 0 Å². The first-order valence-electron chi connectivity index (χ1n) is 7.55. The third-order valence-electron chi connectivity index (χ3n) is 4.06. The number of aromatic nitrogens is 4. The van der Waals surface area contributed by atoms with Crippen LogP contribution in [0, 0.1) is 0 Å². The van der Waals surface area contributed by atoms with Gasteiger partial charge < -0.3 is 20.4 Å². The normalized spacial score (nSPS) is 12.5. The van der Waals surface area contributed by atoms with Crippen LogP contribution in [0.25, 0.3) is 21.9 Å². The molecule has 0 bridgehead atoms. The smallest absolute Gasteiger partial charge is 0.326 e. The summed E-state index contributed by atoms with van der Waals surface area (Å²) in [5.41, 5.74) is 2.61. The van der Waals surface area contributed by atoms with E-state index in [0.717, 1.165) is 21.9 Å². The molecule has 4 N–H and O–H groups in total. The standard InChI is InChI=1S/C17H15N5O2/c23-17(24)14(7-10-8-19-13-4-2-1-3-11(10)13)22-16-12-5-6-18-15(12)20-9-21-16/h1-6,8-9,14,19H,7H2,(H,23,24)(H2,18,20,21,22). The number of para-hydroxylation sites is 1. The molecule has 0 aliphatic heterocycles. The maximum atomic E-state index is 11.7. The first kappa shape index (κ1) is 14.3. The number of aliphatic carboxylic acids is 1.